The zero-order valence-electron chi connectivity index (χ0n) is 12.1. The summed E-state index contributed by atoms with van der Waals surface area (Å²) < 4.78 is 5.97. The third-order valence-electron chi connectivity index (χ3n) is 3.91. The Morgan fingerprint density at radius 1 is 1.15 bits per heavy atom. The van der Waals surface area contributed by atoms with Gasteiger partial charge in [0.05, 0.1) is 0 Å². The second kappa shape index (κ2) is 5.68. The molecule has 1 N–H and O–H groups in total. The summed E-state index contributed by atoms with van der Waals surface area (Å²) in [6, 6.07) is 14.9. The number of nitrogens with one attached hydrogen (secondary N) is 1. The topological polar surface area (TPSA) is 21.3 Å². The van der Waals surface area contributed by atoms with Crippen LogP contribution in [0.2, 0.25) is 0 Å². The average Bonchev–Trinajstić information content (AvgIpc) is 2.83. The van der Waals surface area contributed by atoms with Crippen molar-refractivity contribution in [1.29, 1.82) is 0 Å². The second-order valence-corrected chi connectivity index (χ2v) is 5.61. The predicted molar refractivity (Wildman–Crippen MR) is 82.2 cm³/mol. The molecule has 2 nitrogen and oxygen atoms in total. The van der Waals surface area contributed by atoms with Gasteiger partial charge >= 0.3 is 0 Å². The highest BCUT2D eigenvalue weighted by Gasteiger charge is 2.22. The van der Waals surface area contributed by atoms with Crippen molar-refractivity contribution < 1.29 is 4.74 Å². The first-order chi connectivity index (χ1) is 9.72. The second-order valence-electron chi connectivity index (χ2n) is 5.61. The van der Waals surface area contributed by atoms with Crippen molar-refractivity contribution in [1.82, 2.24) is 5.32 Å². The van der Waals surface area contributed by atoms with Crippen LogP contribution >= 0.6 is 0 Å². The lowest BCUT2D eigenvalue weighted by atomic mass is 10.1. The normalized spacial score (nSPS) is 16.8. The molecule has 0 aromatic heterocycles. The van der Waals surface area contributed by atoms with Crippen molar-refractivity contribution in [3.63, 3.8) is 0 Å². The van der Waals surface area contributed by atoms with E-state index >= 15 is 0 Å². The molecule has 2 aromatic carbocycles. The molecule has 0 amide bonds. The minimum absolute atomic E-state index is 0.260. The number of aryl methyl sites for hydroxylation is 2. The molecule has 2 aromatic rings. The van der Waals surface area contributed by atoms with Gasteiger partial charge in [-0.3, -0.25) is 0 Å². The third kappa shape index (κ3) is 2.86. The van der Waals surface area contributed by atoms with Crippen LogP contribution in [0.15, 0.2) is 42.5 Å². The zero-order valence-corrected chi connectivity index (χ0v) is 12.1. The highest BCUT2D eigenvalue weighted by molar-refractivity contribution is 5.40. The highest BCUT2D eigenvalue weighted by Crippen LogP contribution is 2.29. The Balaban J connectivity index is 1.53. The number of hydrogen-bond acceptors (Lipinski definition) is 2. The lowest BCUT2D eigenvalue weighted by Gasteiger charge is -2.12. The quantitative estimate of drug-likeness (QED) is 0.916. The molecule has 104 valence electrons. The number of rotatable bonds is 4. The van der Waals surface area contributed by atoms with Crippen molar-refractivity contribution in [2.24, 2.45) is 0 Å². The van der Waals surface area contributed by atoms with Gasteiger partial charge in [-0.2, -0.15) is 0 Å². The lowest BCUT2D eigenvalue weighted by Crippen LogP contribution is -2.29. The molecule has 0 saturated heterocycles. The van der Waals surface area contributed by atoms with E-state index < -0.39 is 0 Å². The van der Waals surface area contributed by atoms with Crippen LogP contribution in [0.25, 0.3) is 0 Å². The van der Waals surface area contributed by atoms with Gasteiger partial charge in [0, 0.05) is 19.5 Å². The fraction of sp³-hybridized carbons (Fsp3) is 0.333. The molecule has 1 unspecified atom stereocenters. The van der Waals surface area contributed by atoms with Crippen LogP contribution in [0.1, 0.15) is 22.3 Å². The van der Waals surface area contributed by atoms with Gasteiger partial charge in [-0.25, -0.2) is 0 Å². The summed E-state index contributed by atoms with van der Waals surface area (Å²) in [6.45, 7) is 6.08. The van der Waals surface area contributed by atoms with Gasteiger partial charge in [0.25, 0.3) is 0 Å². The van der Waals surface area contributed by atoms with Crippen LogP contribution in [0.4, 0.5) is 0 Å². The minimum atomic E-state index is 0.260. The van der Waals surface area contributed by atoms with Gasteiger partial charge in [-0.15, -0.1) is 0 Å². The smallest absolute Gasteiger partial charge is 0.123 e. The van der Waals surface area contributed by atoms with E-state index in [0.29, 0.717) is 0 Å². The van der Waals surface area contributed by atoms with E-state index in [1.54, 1.807) is 0 Å². The Hall–Kier alpha value is -1.80. The van der Waals surface area contributed by atoms with E-state index in [0.717, 1.165) is 25.3 Å². The molecule has 0 radical (unpaired) electrons. The van der Waals surface area contributed by atoms with Crippen LogP contribution in [-0.2, 0) is 13.0 Å². The first kappa shape index (κ1) is 13.2. The summed E-state index contributed by atoms with van der Waals surface area (Å²) >= 11 is 0. The number of ether oxygens (including phenoxy) is 1. The molecule has 1 aliphatic heterocycles. The van der Waals surface area contributed by atoms with Crippen molar-refractivity contribution in [2.75, 3.05) is 6.54 Å². The number of benzene rings is 2. The van der Waals surface area contributed by atoms with Crippen molar-refractivity contribution in [3.8, 4) is 5.75 Å². The first-order valence-electron chi connectivity index (χ1n) is 7.24. The van der Waals surface area contributed by atoms with Crippen LogP contribution in [0.3, 0.4) is 0 Å². The van der Waals surface area contributed by atoms with E-state index in [1.165, 1.54) is 22.3 Å². The van der Waals surface area contributed by atoms with Gasteiger partial charge in [0.2, 0.25) is 0 Å². The SMILES string of the molecule is Cc1ccc2c(c1)CC(CNCc1ccccc1C)O2. The zero-order chi connectivity index (χ0) is 13.9. The molecule has 0 spiro atoms. The van der Waals surface area contributed by atoms with Gasteiger partial charge < -0.3 is 10.1 Å². The van der Waals surface area contributed by atoms with E-state index in [2.05, 4.69) is 61.6 Å². The number of fused-ring (bicyclic) bond motifs is 1. The Bertz CT molecular complexity index is 606. The molecule has 3 rings (SSSR count). The summed E-state index contributed by atoms with van der Waals surface area (Å²) in [5.74, 6) is 1.05. The van der Waals surface area contributed by atoms with Gasteiger partial charge in [-0.1, -0.05) is 42.0 Å². The highest BCUT2D eigenvalue weighted by atomic mass is 16.5. The van der Waals surface area contributed by atoms with E-state index in [4.69, 9.17) is 4.74 Å². The molecule has 1 heterocycles. The van der Waals surface area contributed by atoms with E-state index in [-0.39, 0.29) is 6.10 Å². The van der Waals surface area contributed by atoms with Gasteiger partial charge in [0.15, 0.2) is 0 Å². The molecule has 0 fully saturated rings. The lowest BCUT2D eigenvalue weighted by molar-refractivity contribution is 0.227. The fourth-order valence-corrected chi connectivity index (χ4v) is 2.74. The standard InChI is InChI=1S/C18H21NO/c1-13-7-8-18-16(9-13)10-17(20-18)12-19-11-15-6-4-3-5-14(15)2/h3-9,17,19H,10-12H2,1-2H3. The predicted octanol–water partition coefficient (Wildman–Crippen LogP) is 3.40. The first-order valence-corrected chi connectivity index (χ1v) is 7.24. The average molecular weight is 267 g/mol. The monoisotopic (exact) mass is 267 g/mol. The van der Waals surface area contributed by atoms with Gasteiger partial charge in [0.1, 0.15) is 11.9 Å². The Morgan fingerprint density at radius 3 is 2.85 bits per heavy atom. The molecule has 20 heavy (non-hydrogen) atoms. The van der Waals surface area contributed by atoms with Crippen LogP contribution in [0.5, 0.6) is 5.75 Å². The Labute approximate surface area is 120 Å². The Morgan fingerprint density at radius 2 is 2.00 bits per heavy atom. The maximum Gasteiger partial charge on any atom is 0.123 e. The maximum atomic E-state index is 5.97. The number of hydrogen-bond donors (Lipinski definition) is 1. The molecule has 1 aliphatic rings. The largest absolute Gasteiger partial charge is 0.488 e. The summed E-state index contributed by atoms with van der Waals surface area (Å²) in [4.78, 5) is 0. The van der Waals surface area contributed by atoms with Crippen molar-refractivity contribution in [2.45, 2.75) is 32.9 Å². The van der Waals surface area contributed by atoms with E-state index in [1.807, 2.05) is 0 Å². The maximum absolute atomic E-state index is 5.97. The molecular weight excluding hydrogens is 246 g/mol. The molecule has 0 aliphatic carbocycles. The third-order valence-corrected chi connectivity index (χ3v) is 3.91. The Kier molecular flexibility index (Phi) is 3.75. The molecular formula is C18H21NO. The van der Waals surface area contributed by atoms with E-state index in [9.17, 15) is 0 Å². The summed E-state index contributed by atoms with van der Waals surface area (Å²) in [5, 5.41) is 3.51. The van der Waals surface area contributed by atoms with Crippen LogP contribution in [-0.4, -0.2) is 12.6 Å². The summed E-state index contributed by atoms with van der Waals surface area (Å²) in [6.07, 6.45) is 1.27. The summed E-state index contributed by atoms with van der Waals surface area (Å²) in [5.41, 5.74) is 5.35. The molecule has 2 heteroatoms. The van der Waals surface area contributed by atoms with Crippen molar-refractivity contribution in [3.05, 3.63) is 64.7 Å². The van der Waals surface area contributed by atoms with Crippen LogP contribution in [0, 0.1) is 13.8 Å². The fourth-order valence-electron chi connectivity index (χ4n) is 2.74. The molecule has 0 saturated carbocycles. The van der Waals surface area contributed by atoms with Gasteiger partial charge in [-0.05, 0) is 36.6 Å². The minimum Gasteiger partial charge on any atom is -0.488 e. The van der Waals surface area contributed by atoms with Crippen LogP contribution < -0.4 is 10.1 Å². The van der Waals surface area contributed by atoms with Crippen molar-refractivity contribution >= 4 is 0 Å². The molecule has 0 bridgehead atoms. The molecule has 1 atom stereocenters. The summed E-state index contributed by atoms with van der Waals surface area (Å²) in [7, 11) is 0.